The molecule has 1 amide bonds. The van der Waals surface area contributed by atoms with Crippen molar-refractivity contribution < 1.29 is 4.79 Å². The van der Waals surface area contributed by atoms with Crippen molar-refractivity contribution >= 4 is 37.8 Å². The Kier molecular flexibility index (Phi) is 4.48. The van der Waals surface area contributed by atoms with Crippen LogP contribution >= 0.6 is 31.9 Å². The Labute approximate surface area is 136 Å². The van der Waals surface area contributed by atoms with Gasteiger partial charge in [-0.2, -0.15) is 0 Å². The maximum atomic E-state index is 12.7. The van der Waals surface area contributed by atoms with Crippen LogP contribution in [0.2, 0.25) is 0 Å². The van der Waals surface area contributed by atoms with Crippen LogP contribution in [0.4, 0.5) is 0 Å². The number of hydrogen-bond acceptors (Lipinski definition) is 2. The summed E-state index contributed by atoms with van der Waals surface area (Å²) in [5, 5.41) is 0. The van der Waals surface area contributed by atoms with E-state index in [0.717, 1.165) is 40.6 Å². The zero-order chi connectivity index (χ0) is 14.1. The van der Waals surface area contributed by atoms with Crippen LogP contribution in [0.25, 0.3) is 0 Å². The van der Waals surface area contributed by atoms with Crippen molar-refractivity contribution in [3.63, 3.8) is 0 Å². The first-order valence-electron chi connectivity index (χ1n) is 7.13. The minimum Gasteiger partial charge on any atom is -0.337 e. The lowest BCUT2D eigenvalue weighted by molar-refractivity contribution is 0.0743. The second-order valence-corrected chi connectivity index (χ2v) is 7.43. The molecule has 2 fully saturated rings. The van der Waals surface area contributed by atoms with Gasteiger partial charge in [0.1, 0.15) is 0 Å². The maximum Gasteiger partial charge on any atom is 0.253 e. The number of halogens is 2. The molecule has 3 nitrogen and oxygen atoms in total. The lowest BCUT2D eigenvalue weighted by Gasteiger charge is -2.25. The van der Waals surface area contributed by atoms with Gasteiger partial charge in [-0.1, -0.05) is 31.9 Å². The van der Waals surface area contributed by atoms with E-state index in [9.17, 15) is 4.79 Å². The van der Waals surface area contributed by atoms with E-state index in [1.807, 2.05) is 23.1 Å². The lowest BCUT2D eigenvalue weighted by atomic mass is 10.1. The first kappa shape index (κ1) is 14.5. The molecule has 1 aromatic carbocycles. The number of amides is 1. The Morgan fingerprint density at radius 2 is 1.75 bits per heavy atom. The van der Waals surface area contributed by atoms with Gasteiger partial charge in [0.05, 0.1) is 0 Å². The number of carbonyl (C=O) groups is 1. The highest BCUT2D eigenvalue weighted by molar-refractivity contribution is 9.11. The van der Waals surface area contributed by atoms with Crippen molar-refractivity contribution in [3.8, 4) is 0 Å². The summed E-state index contributed by atoms with van der Waals surface area (Å²) in [5.41, 5.74) is 0.762. The third kappa shape index (κ3) is 3.10. The van der Waals surface area contributed by atoms with E-state index < -0.39 is 0 Å². The van der Waals surface area contributed by atoms with Gasteiger partial charge in [0, 0.05) is 40.2 Å². The van der Waals surface area contributed by atoms with Gasteiger partial charge in [0.25, 0.3) is 5.91 Å². The standard InChI is InChI=1S/C15H18Br2N2O/c16-12-7-11(8-13(17)9-12)15(20)19-6-2-5-18-4-1-3-14(18)10-19/h7-9,14H,1-6,10H2. The molecule has 0 aliphatic carbocycles. The fourth-order valence-electron chi connectivity index (χ4n) is 3.25. The molecule has 0 saturated carbocycles. The minimum atomic E-state index is 0.153. The summed E-state index contributed by atoms with van der Waals surface area (Å²) < 4.78 is 1.88. The molecule has 0 aromatic heterocycles. The molecule has 2 saturated heterocycles. The number of fused-ring (bicyclic) bond motifs is 1. The SMILES string of the molecule is O=C(c1cc(Br)cc(Br)c1)N1CCCN2CCCC2C1. The summed E-state index contributed by atoms with van der Waals surface area (Å²) in [5.74, 6) is 0.153. The summed E-state index contributed by atoms with van der Waals surface area (Å²) in [7, 11) is 0. The second kappa shape index (κ2) is 6.16. The summed E-state index contributed by atoms with van der Waals surface area (Å²) in [6, 6.07) is 6.34. The molecule has 108 valence electrons. The van der Waals surface area contributed by atoms with Gasteiger partial charge in [-0.3, -0.25) is 9.69 Å². The van der Waals surface area contributed by atoms with Gasteiger partial charge < -0.3 is 4.90 Å². The van der Waals surface area contributed by atoms with Crippen LogP contribution in [0.1, 0.15) is 29.6 Å². The van der Waals surface area contributed by atoms with Crippen LogP contribution in [0.15, 0.2) is 27.1 Å². The average molecular weight is 402 g/mol. The van der Waals surface area contributed by atoms with Gasteiger partial charge in [-0.25, -0.2) is 0 Å². The minimum absolute atomic E-state index is 0.153. The molecule has 0 radical (unpaired) electrons. The summed E-state index contributed by atoms with van der Waals surface area (Å²) in [6.45, 7) is 4.09. The molecule has 0 N–H and O–H groups in total. The van der Waals surface area contributed by atoms with Gasteiger partial charge in [0.2, 0.25) is 0 Å². The van der Waals surface area contributed by atoms with E-state index in [4.69, 9.17) is 0 Å². The Hall–Kier alpha value is -0.390. The normalized spacial score (nSPS) is 23.5. The van der Waals surface area contributed by atoms with Crippen LogP contribution in [-0.2, 0) is 0 Å². The van der Waals surface area contributed by atoms with Crippen LogP contribution in [-0.4, -0.2) is 47.9 Å². The molecule has 1 atom stereocenters. The largest absolute Gasteiger partial charge is 0.337 e. The molecule has 20 heavy (non-hydrogen) atoms. The highest BCUT2D eigenvalue weighted by atomic mass is 79.9. The molecule has 1 aromatic rings. The monoisotopic (exact) mass is 400 g/mol. The fourth-order valence-corrected chi connectivity index (χ4v) is 4.54. The Balaban J connectivity index is 1.78. The Bertz CT molecular complexity index is 500. The Morgan fingerprint density at radius 1 is 1.05 bits per heavy atom. The first-order chi connectivity index (χ1) is 9.63. The van der Waals surface area contributed by atoms with E-state index in [2.05, 4.69) is 36.8 Å². The van der Waals surface area contributed by atoms with Crippen molar-refractivity contribution in [1.29, 1.82) is 0 Å². The van der Waals surface area contributed by atoms with Crippen molar-refractivity contribution in [2.75, 3.05) is 26.2 Å². The fraction of sp³-hybridized carbons (Fsp3) is 0.533. The number of carbonyl (C=O) groups excluding carboxylic acids is 1. The molecule has 0 bridgehead atoms. The molecule has 3 rings (SSSR count). The van der Waals surface area contributed by atoms with Crippen molar-refractivity contribution in [1.82, 2.24) is 9.80 Å². The molecule has 1 unspecified atom stereocenters. The number of hydrogen-bond donors (Lipinski definition) is 0. The van der Waals surface area contributed by atoms with E-state index >= 15 is 0 Å². The predicted octanol–water partition coefficient (Wildman–Crippen LogP) is 3.52. The highest BCUT2D eigenvalue weighted by Gasteiger charge is 2.30. The van der Waals surface area contributed by atoms with E-state index in [1.165, 1.54) is 19.4 Å². The quantitative estimate of drug-likeness (QED) is 0.718. The molecule has 2 heterocycles. The smallest absolute Gasteiger partial charge is 0.253 e. The van der Waals surface area contributed by atoms with Gasteiger partial charge in [-0.05, 0) is 44.0 Å². The van der Waals surface area contributed by atoms with Crippen LogP contribution in [0.3, 0.4) is 0 Å². The third-order valence-electron chi connectivity index (χ3n) is 4.20. The zero-order valence-electron chi connectivity index (χ0n) is 11.3. The number of nitrogens with zero attached hydrogens (tertiary/aromatic N) is 2. The zero-order valence-corrected chi connectivity index (χ0v) is 14.5. The van der Waals surface area contributed by atoms with Crippen LogP contribution in [0.5, 0.6) is 0 Å². The average Bonchev–Trinajstić information content (AvgIpc) is 2.74. The van der Waals surface area contributed by atoms with Crippen LogP contribution < -0.4 is 0 Å². The summed E-state index contributed by atoms with van der Waals surface area (Å²) in [4.78, 5) is 17.3. The van der Waals surface area contributed by atoms with Crippen molar-refractivity contribution in [2.24, 2.45) is 0 Å². The molecule has 0 spiro atoms. The van der Waals surface area contributed by atoms with Crippen LogP contribution in [0, 0.1) is 0 Å². The highest BCUT2D eigenvalue weighted by Crippen LogP contribution is 2.24. The van der Waals surface area contributed by atoms with Crippen molar-refractivity contribution in [2.45, 2.75) is 25.3 Å². The van der Waals surface area contributed by atoms with Gasteiger partial charge in [-0.15, -0.1) is 0 Å². The lowest BCUT2D eigenvalue weighted by Crippen LogP contribution is -2.39. The number of rotatable bonds is 1. The summed E-state index contributed by atoms with van der Waals surface area (Å²) in [6.07, 6.45) is 3.58. The molecule has 2 aliphatic rings. The van der Waals surface area contributed by atoms with Crippen molar-refractivity contribution in [3.05, 3.63) is 32.7 Å². The number of benzene rings is 1. The topological polar surface area (TPSA) is 23.6 Å². The predicted molar refractivity (Wildman–Crippen MR) is 87.0 cm³/mol. The van der Waals surface area contributed by atoms with E-state index in [-0.39, 0.29) is 5.91 Å². The third-order valence-corrected chi connectivity index (χ3v) is 5.12. The first-order valence-corrected chi connectivity index (χ1v) is 8.71. The second-order valence-electron chi connectivity index (χ2n) is 5.59. The van der Waals surface area contributed by atoms with Gasteiger partial charge in [0.15, 0.2) is 0 Å². The van der Waals surface area contributed by atoms with Gasteiger partial charge >= 0.3 is 0 Å². The molecule has 2 aliphatic heterocycles. The Morgan fingerprint density at radius 3 is 2.50 bits per heavy atom. The van der Waals surface area contributed by atoms with E-state index in [0.29, 0.717) is 6.04 Å². The summed E-state index contributed by atoms with van der Waals surface area (Å²) >= 11 is 6.91. The molecular weight excluding hydrogens is 384 g/mol. The van der Waals surface area contributed by atoms with E-state index in [1.54, 1.807) is 0 Å². The molecular formula is C15H18Br2N2O. The molecule has 5 heteroatoms. The maximum absolute atomic E-state index is 12.7.